The number of carbonyl (C=O) groups excluding carboxylic acids is 1. The standard InChI is InChI=1S/C10H12BrNOS/c1-7-2-4-12(6-7)10(13)9-8(11)3-5-14-9/h3,5,7H,2,4,6H2,1H3. The van der Waals surface area contributed by atoms with Gasteiger partial charge in [0.15, 0.2) is 0 Å². The Morgan fingerprint density at radius 3 is 3.00 bits per heavy atom. The monoisotopic (exact) mass is 273 g/mol. The van der Waals surface area contributed by atoms with Crippen molar-refractivity contribution in [3.8, 4) is 0 Å². The zero-order chi connectivity index (χ0) is 10.1. The molecule has 0 spiro atoms. The number of hydrogen-bond donors (Lipinski definition) is 0. The van der Waals surface area contributed by atoms with Crippen LogP contribution in [0.15, 0.2) is 15.9 Å². The molecule has 1 atom stereocenters. The Bertz CT molecular complexity index is 350. The molecule has 1 aromatic rings. The topological polar surface area (TPSA) is 20.3 Å². The second-order valence-electron chi connectivity index (χ2n) is 3.74. The minimum Gasteiger partial charge on any atom is -0.338 e. The summed E-state index contributed by atoms with van der Waals surface area (Å²) in [6, 6.07) is 1.93. The molecule has 1 aromatic heterocycles. The van der Waals surface area contributed by atoms with Gasteiger partial charge in [0.05, 0.1) is 0 Å². The predicted octanol–water partition coefficient (Wildman–Crippen LogP) is 2.99. The number of halogens is 1. The van der Waals surface area contributed by atoms with Gasteiger partial charge in [0, 0.05) is 17.6 Å². The van der Waals surface area contributed by atoms with E-state index in [0.717, 1.165) is 28.9 Å². The van der Waals surface area contributed by atoms with Gasteiger partial charge in [-0.05, 0) is 39.7 Å². The third-order valence-corrected chi connectivity index (χ3v) is 4.35. The highest BCUT2D eigenvalue weighted by Crippen LogP contribution is 2.26. The van der Waals surface area contributed by atoms with Crippen LogP contribution in [0.1, 0.15) is 23.0 Å². The van der Waals surface area contributed by atoms with E-state index in [1.54, 1.807) is 0 Å². The number of hydrogen-bond acceptors (Lipinski definition) is 2. The lowest BCUT2D eigenvalue weighted by molar-refractivity contribution is 0.0792. The Kier molecular flexibility index (Phi) is 2.93. The van der Waals surface area contributed by atoms with Gasteiger partial charge in [-0.2, -0.15) is 0 Å². The van der Waals surface area contributed by atoms with Gasteiger partial charge in [-0.25, -0.2) is 0 Å². The number of nitrogens with zero attached hydrogens (tertiary/aromatic N) is 1. The van der Waals surface area contributed by atoms with E-state index in [1.165, 1.54) is 11.3 Å². The van der Waals surface area contributed by atoms with Crippen LogP contribution in [0.3, 0.4) is 0 Å². The second-order valence-corrected chi connectivity index (χ2v) is 5.51. The van der Waals surface area contributed by atoms with Crippen molar-refractivity contribution in [2.24, 2.45) is 5.92 Å². The summed E-state index contributed by atoms with van der Waals surface area (Å²) in [6.45, 7) is 4.00. The van der Waals surface area contributed by atoms with Crippen LogP contribution in [0.25, 0.3) is 0 Å². The van der Waals surface area contributed by atoms with Crippen molar-refractivity contribution in [1.82, 2.24) is 4.90 Å². The minimum absolute atomic E-state index is 0.177. The van der Waals surface area contributed by atoms with Crippen LogP contribution in [0, 0.1) is 5.92 Å². The summed E-state index contributed by atoms with van der Waals surface area (Å²) in [7, 11) is 0. The maximum Gasteiger partial charge on any atom is 0.265 e. The molecule has 0 aliphatic carbocycles. The highest BCUT2D eigenvalue weighted by Gasteiger charge is 2.25. The fourth-order valence-corrected chi connectivity index (χ4v) is 3.22. The van der Waals surface area contributed by atoms with Crippen LogP contribution in [0.2, 0.25) is 0 Å². The molecular formula is C10H12BrNOS. The van der Waals surface area contributed by atoms with Crippen molar-refractivity contribution in [2.75, 3.05) is 13.1 Å². The van der Waals surface area contributed by atoms with Crippen LogP contribution in [0.4, 0.5) is 0 Å². The summed E-state index contributed by atoms with van der Waals surface area (Å²) in [5, 5.41) is 1.94. The van der Waals surface area contributed by atoms with Crippen molar-refractivity contribution in [1.29, 1.82) is 0 Å². The largest absolute Gasteiger partial charge is 0.338 e. The van der Waals surface area contributed by atoms with Crippen molar-refractivity contribution in [3.63, 3.8) is 0 Å². The molecule has 1 aliphatic rings. The molecule has 76 valence electrons. The molecule has 2 heterocycles. The summed E-state index contributed by atoms with van der Waals surface area (Å²) in [6.07, 6.45) is 1.13. The van der Waals surface area contributed by atoms with Crippen LogP contribution >= 0.6 is 27.3 Å². The Balaban J connectivity index is 2.13. The van der Waals surface area contributed by atoms with E-state index in [4.69, 9.17) is 0 Å². The molecule has 2 rings (SSSR count). The van der Waals surface area contributed by atoms with Crippen molar-refractivity contribution >= 4 is 33.2 Å². The molecule has 2 nitrogen and oxygen atoms in total. The van der Waals surface area contributed by atoms with Crippen LogP contribution < -0.4 is 0 Å². The van der Waals surface area contributed by atoms with Gasteiger partial charge in [-0.1, -0.05) is 6.92 Å². The molecule has 0 saturated carbocycles. The van der Waals surface area contributed by atoms with Crippen LogP contribution in [-0.2, 0) is 0 Å². The van der Waals surface area contributed by atoms with Gasteiger partial charge in [-0.3, -0.25) is 4.79 Å². The quantitative estimate of drug-likeness (QED) is 0.771. The van der Waals surface area contributed by atoms with Gasteiger partial charge in [0.2, 0.25) is 0 Å². The molecule has 1 amide bonds. The summed E-state index contributed by atoms with van der Waals surface area (Å²) >= 11 is 4.90. The summed E-state index contributed by atoms with van der Waals surface area (Å²) in [5.74, 6) is 0.828. The molecule has 1 aliphatic heterocycles. The number of amides is 1. The summed E-state index contributed by atoms with van der Waals surface area (Å²) in [4.78, 5) is 14.8. The molecule has 4 heteroatoms. The molecule has 0 aromatic carbocycles. The lowest BCUT2D eigenvalue weighted by Crippen LogP contribution is -2.27. The summed E-state index contributed by atoms with van der Waals surface area (Å²) < 4.78 is 0.923. The zero-order valence-corrected chi connectivity index (χ0v) is 10.4. The molecule has 0 bridgehead atoms. The van der Waals surface area contributed by atoms with Gasteiger partial charge in [-0.15, -0.1) is 11.3 Å². The highest BCUT2D eigenvalue weighted by molar-refractivity contribution is 9.10. The first-order valence-corrected chi connectivity index (χ1v) is 6.38. The SMILES string of the molecule is CC1CCN(C(=O)c2sccc2Br)C1. The zero-order valence-electron chi connectivity index (χ0n) is 8.00. The van der Waals surface area contributed by atoms with E-state index in [-0.39, 0.29) is 5.91 Å². The number of thiophene rings is 1. The summed E-state index contributed by atoms with van der Waals surface area (Å²) in [5.41, 5.74) is 0. The van der Waals surface area contributed by atoms with E-state index in [9.17, 15) is 4.79 Å². The molecule has 0 N–H and O–H groups in total. The fraction of sp³-hybridized carbons (Fsp3) is 0.500. The van der Waals surface area contributed by atoms with E-state index in [2.05, 4.69) is 22.9 Å². The Hall–Kier alpha value is -0.350. The minimum atomic E-state index is 0.177. The second kappa shape index (κ2) is 4.03. The Morgan fingerprint density at radius 2 is 2.50 bits per heavy atom. The maximum atomic E-state index is 12.0. The fourth-order valence-electron chi connectivity index (χ4n) is 1.71. The van der Waals surface area contributed by atoms with E-state index in [1.807, 2.05) is 16.3 Å². The lowest BCUT2D eigenvalue weighted by atomic mass is 10.2. The average Bonchev–Trinajstić information content (AvgIpc) is 2.73. The molecule has 1 saturated heterocycles. The Morgan fingerprint density at radius 1 is 1.71 bits per heavy atom. The first-order chi connectivity index (χ1) is 6.68. The average molecular weight is 274 g/mol. The number of likely N-dealkylation sites (tertiary alicyclic amines) is 1. The molecule has 1 unspecified atom stereocenters. The molecule has 14 heavy (non-hydrogen) atoms. The van der Waals surface area contributed by atoms with E-state index in [0.29, 0.717) is 5.92 Å². The van der Waals surface area contributed by atoms with Gasteiger partial charge >= 0.3 is 0 Å². The highest BCUT2D eigenvalue weighted by atomic mass is 79.9. The van der Waals surface area contributed by atoms with Crippen molar-refractivity contribution in [3.05, 3.63) is 20.8 Å². The van der Waals surface area contributed by atoms with Gasteiger partial charge < -0.3 is 4.90 Å². The number of carbonyl (C=O) groups is 1. The maximum absolute atomic E-state index is 12.0. The molecule has 1 fully saturated rings. The van der Waals surface area contributed by atoms with Gasteiger partial charge in [0.1, 0.15) is 4.88 Å². The normalized spacial score (nSPS) is 21.6. The first-order valence-electron chi connectivity index (χ1n) is 4.70. The van der Waals surface area contributed by atoms with Crippen LogP contribution in [-0.4, -0.2) is 23.9 Å². The van der Waals surface area contributed by atoms with Crippen molar-refractivity contribution in [2.45, 2.75) is 13.3 Å². The van der Waals surface area contributed by atoms with Crippen LogP contribution in [0.5, 0.6) is 0 Å². The van der Waals surface area contributed by atoms with E-state index < -0.39 is 0 Å². The third-order valence-electron chi connectivity index (χ3n) is 2.52. The smallest absolute Gasteiger partial charge is 0.265 e. The van der Waals surface area contributed by atoms with Gasteiger partial charge in [0.25, 0.3) is 5.91 Å². The number of rotatable bonds is 1. The first kappa shape index (κ1) is 10.2. The van der Waals surface area contributed by atoms with Crippen molar-refractivity contribution < 1.29 is 4.79 Å². The predicted molar refractivity (Wildman–Crippen MR) is 61.7 cm³/mol. The van der Waals surface area contributed by atoms with E-state index >= 15 is 0 Å². The lowest BCUT2D eigenvalue weighted by Gasteiger charge is -2.14. The Labute approximate surface area is 96.0 Å². The molecular weight excluding hydrogens is 262 g/mol. The third kappa shape index (κ3) is 1.86. The molecule has 0 radical (unpaired) electrons.